The van der Waals surface area contributed by atoms with E-state index in [-0.39, 0.29) is 11.7 Å². The third-order valence-electron chi connectivity index (χ3n) is 2.75. The van der Waals surface area contributed by atoms with Crippen LogP contribution in [0.4, 0.5) is 4.39 Å². The Bertz CT molecular complexity index is 320. The Morgan fingerprint density at radius 1 is 1.33 bits per heavy atom. The summed E-state index contributed by atoms with van der Waals surface area (Å²) in [5.74, 6) is 0.404. The first-order valence-corrected chi connectivity index (χ1v) is 5.71. The lowest BCUT2D eigenvalue weighted by atomic mass is 9.98. The lowest BCUT2D eigenvalue weighted by Crippen LogP contribution is -2.02. The van der Waals surface area contributed by atoms with E-state index in [0.29, 0.717) is 11.6 Å². The summed E-state index contributed by atoms with van der Waals surface area (Å²) in [7, 11) is 0. The first-order valence-electron chi connectivity index (χ1n) is 5.71. The highest BCUT2D eigenvalue weighted by Gasteiger charge is 2.13. The zero-order valence-corrected chi connectivity index (χ0v) is 10.0. The van der Waals surface area contributed by atoms with Crippen LogP contribution in [0.5, 0.6) is 0 Å². The standard InChI is InChI=1S/C13H20FN/c1-5-6-10(4)13-12(14)7-11(8-15-13)9(2)3/h7-10H,5-6H2,1-4H3. The molecule has 0 spiro atoms. The minimum atomic E-state index is -0.151. The smallest absolute Gasteiger partial charge is 0.145 e. The Labute approximate surface area is 91.7 Å². The van der Waals surface area contributed by atoms with Crippen LogP contribution in [-0.4, -0.2) is 4.98 Å². The minimum absolute atomic E-state index is 0.151. The number of rotatable bonds is 4. The second-order valence-electron chi connectivity index (χ2n) is 4.48. The molecule has 0 saturated heterocycles. The molecule has 0 aromatic carbocycles. The first kappa shape index (κ1) is 12.2. The summed E-state index contributed by atoms with van der Waals surface area (Å²) in [5, 5.41) is 0. The number of hydrogen-bond donors (Lipinski definition) is 0. The van der Waals surface area contributed by atoms with Crippen molar-refractivity contribution in [2.24, 2.45) is 0 Å². The summed E-state index contributed by atoms with van der Waals surface area (Å²) in [4.78, 5) is 4.24. The van der Waals surface area contributed by atoms with Gasteiger partial charge in [0, 0.05) is 12.1 Å². The normalized spacial score (nSPS) is 13.2. The highest BCUT2D eigenvalue weighted by Crippen LogP contribution is 2.23. The van der Waals surface area contributed by atoms with E-state index in [1.807, 2.05) is 20.8 Å². The largest absolute Gasteiger partial charge is 0.258 e. The van der Waals surface area contributed by atoms with Gasteiger partial charge in [0.05, 0.1) is 5.69 Å². The maximum absolute atomic E-state index is 13.7. The highest BCUT2D eigenvalue weighted by molar-refractivity contribution is 5.21. The fourth-order valence-electron chi connectivity index (χ4n) is 1.71. The van der Waals surface area contributed by atoms with Crippen molar-refractivity contribution in [1.82, 2.24) is 4.98 Å². The lowest BCUT2D eigenvalue weighted by molar-refractivity contribution is 0.550. The Hall–Kier alpha value is -0.920. The van der Waals surface area contributed by atoms with Crippen molar-refractivity contribution in [3.05, 3.63) is 29.3 Å². The third kappa shape index (κ3) is 3.01. The molecule has 1 unspecified atom stereocenters. The topological polar surface area (TPSA) is 12.9 Å². The predicted molar refractivity (Wildman–Crippen MR) is 61.6 cm³/mol. The fraction of sp³-hybridized carbons (Fsp3) is 0.615. The maximum Gasteiger partial charge on any atom is 0.145 e. The molecule has 1 nitrogen and oxygen atoms in total. The molecular formula is C13H20FN. The van der Waals surface area contributed by atoms with E-state index < -0.39 is 0 Å². The van der Waals surface area contributed by atoms with Gasteiger partial charge in [0.25, 0.3) is 0 Å². The van der Waals surface area contributed by atoms with Crippen LogP contribution in [0.3, 0.4) is 0 Å². The molecule has 0 fully saturated rings. The van der Waals surface area contributed by atoms with Crippen molar-refractivity contribution in [3.8, 4) is 0 Å². The average molecular weight is 209 g/mol. The van der Waals surface area contributed by atoms with Crippen LogP contribution in [0.2, 0.25) is 0 Å². The summed E-state index contributed by atoms with van der Waals surface area (Å²) < 4.78 is 13.7. The minimum Gasteiger partial charge on any atom is -0.258 e. The van der Waals surface area contributed by atoms with Crippen LogP contribution in [0.15, 0.2) is 12.3 Å². The predicted octanol–water partition coefficient (Wildman–Crippen LogP) is 4.25. The van der Waals surface area contributed by atoms with E-state index in [9.17, 15) is 4.39 Å². The molecule has 0 bridgehead atoms. The van der Waals surface area contributed by atoms with Gasteiger partial charge >= 0.3 is 0 Å². The maximum atomic E-state index is 13.7. The molecule has 0 radical (unpaired) electrons. The van der Waals surface area contributed by atoms with Crippen LogP contribution in [0.1, 0.15) is 63.6 Å². The fourth-order valence-corrected chi connectivity index (χ4v) is 1.71. The number of pyridine rings is 1. The van der Waals surface area contributed by atoms with E-state index >= 15 is 0 Å². The summed E-state index contributed by atoms with van der Waals surface area (Å²) in [6.07, 6.45) is 3.86. The van der Waals surface area contributed by atoms with Gasteiger partial charge in [0.2, 0.25) is 0 Å². The molecule has 2 heteroatoms. The van der Waals surface area contributed by atoms with E-state index in [1.54, 1.807) is 12.3 Å². The van der Waals surface area contributed by atoms with Gasteiger partial charge in [-0.05, 0) is 24.0 Å². The van der Waals surface area contributed by atoms with Gasteiger partial charge in [-0.1, -0.05) is 34.1 Å². The van der Waals surface area contributed by atoms with Gasteiger partial charge in [0.15, 0.2) is 0 Å². The van der Waals surface area contributed by atoms with E-state index in [1.165, 1.54) is 0 Å². The zero-order chi connectivity index (χ0) is 11.4. The van der Waals surface area contributed by atoms with Crippen molar-refractivity contribution in [1.29, 1.82) is 0 Å². The van der Waals surface area contributed by atoms with Gasteiger partial charge in [-0.2, -0.15) is 0 Å². The van der Waals surface area contributed by atoms with E-state index in [0.717, 1.165) is 18.4 Å². The van der Waals surface area contributed by atoms with E-state index in [2.05, 4.69) is 11.9 Å². The Morgan fingerprint density at radius 2 is 2.00 bits per heavy atom. The molecule has 0 saturated carbocycles. The molecule has 0 N–H and O–H groups in total. The van der Waals surface area contributed by atoms with Gasteiger partial charge in [-0.3, -0.25) is 4.98 Å². The van der Waals surface area contributed by atoms with Crippen LogP contribution < -0.4 is 0 Å². The van der Waals surface area contributed by atoms with Crippen molar-refractivity contribution in [2.45, 2.75) is 52.4 Å². The highest BCUT2D eigenvalue weighted by atomic mass is 19.1. The molecule has 1 heterocycles. The number of hydrogen-bond acceptors (Lipinski definition) is 1. The molecule has 1 atom stereocenters. The SMILES string of the molecule is CCCC(C)c1ncc(C(C)C)cc1F. The second kappa shape index (κ2) is 5.24. The molecular weight excluding hydrogens is 189 g/mol. The zero-order valence-electron chi connectivity index (χ0n) is 10.0. The van der Waals surface area contributed by atoms with Crippen molar-refractivity contribution >= 4 is 0 Å². The van der Waals surface area contributed by atoms with Crippen molar-refractivity contribution in [2.75, 3.05) is 0 Å². The Morgan fingerprint density at radius 3 is 2.47 bits per heavy atom. The summed E-state index contributed by atoms with van der Waals surface area (Å²) in [5.41, 5.74) is 1.58. The van der Waals surface area contributed by atoms with Gasteiger partial charge in [-0.15, -0.1) is 0 Å². The van der Waals surface area contributed by atoms with Crippen LogP contribution in [0.25, 0.3) is 0 Å². The monoisotopic (exact) mass is 209 g/mol. The molecule has 0 aliphatic carbocycles. The Balaban J connectivity index is 2.92. The Kier molecular flexibility index (Phi) is 4.25. The van der Waals surface area contributed by atoms with Crippen LogP contribution in [0, 0.1) is 5.82 Å². The number of nitrogens with zero attached hydrogens (tertiary/aromatic N) is 1. The first-order chi connectivity index (χ1) is 7.06. The quantitative estimate of drug-likeness (QED) is 0.722. The molecule has 15 heavy (non-hydrogen) atoms. The van der Waals surface area contributed by atoms with Gasteiger partial charge in [0.1, 0.15) is 5.82 Å². The van der Waals surface area contributed by atoms with Crippen LogP contribution in [-0.2, 0) is 0 Å². The molecule has 0 aliphatic heterocycles. The molecule has 84 valence electrons. The van der Waals surface area contributed by atoms with Crippen molar-refractivity contribution < 1.29 is 4.39 Å². The lowest BCUT2D eigenvalue weighted by Gasteiger charge is -2.12. The van der Waals surface area contributed by atoms with Gasteiger partial charge < -0.3 is 0 Å². The van der Waals surface area contributed by atoms with E-state index in [4.69, 9.17) is 0 Å². The second-order valence-corrected chi connectivity index (χ2v) is 4.48. The summed E-state index contributed by atoms with van der Waals surface area (Å²) in [6.45, 7) is 8.23. The molecule has 0 amide bonds. The molecule has 1 rings (SSSR count). The third-order valence-corrected chi connectivity index (χ3v) is 2.75. The van der Waals surface area contributed by atoms with Gasteiger partial charge in [-0.25, -0.2) is 4.39 Å². The number of halogens is 1. The van der Waals surface area contributed by atoms with Crippen molar-refractivity contribution in [3.63, 3.8) is 0 Å². The van der Waals surface area contributed by atoms with Crippen LogP contribution >= 0.6 is 0 Å². The summed E-state index contributed by atoms with van der Waals surface area (Å²) >= 11 is 0. The summed E-state index contributed by atoms with van der Waals surface area (Å²) in [6, 6.07) is 1.62. The molecule has 0 aliphatic rings. The average Bonchev–Trinajstić information content (AvgIpc) is 2.17. The number of aromatic nitrogens is 1. The molecule has 1 aromatic heterocycles. The molecule has 1 aromatic rings.